The molecule has 1 aliphatic rings. The molecule has 0 spiro atoms. The molecule has 1 aliphatic heterocycles. The molecule has 1 saturated heterocycles. The number of likely N-dealkylation sites (tertiary alicyclic amines) is 1. The van der Waals surface area contributed by atoms with E-state index in [2.05, 4.69) is 15.3 Å². The fourth-order valence-electron chi connectivity index (χ4n) is 4.45. The van der Waals surface area contributed by atoms with Gasteiger partial charge in [-0.2, -0.15) is 0 Å². The number of halogens is 3. The van der Waals surface area contributed by atoms with Gasteiger partial charge in [0.2, 0.25) is 5.91 Å². The number of carbonyl (C=O) groups is 2. The third-order valence-electron chi connectivity index (χ3n) is 6.63. The highest BCUT2D eigenvalue weighted by Crippen LogP contribution is 2.30. The van der Waals surface area contributed by atoms with Crippen molar-refractivity contribution in [3.05, 3.63) is 93.0 Å². The predicted octanol–water partition coefficient (Wildman–Crippen LogP) is 4.90. The van der Waals surface area contributed by atoms with Gasteiger partial charge in [-0.15, -0.1) is 0 Å². The summed E-state index contributed by atoms with van der Waals surface area (Å²) in [5.74, 6) is -1.55. The number of hydrogen-bond donors (Lipinski definition) is 1. The molecule has 4 rings (SSSR count). The highest BCUT2D eigenvalue weighted by atomic mass is 35.5. The molecule has 2 amide bonds. The van der Waals surface area contributed by atoms with Crippen molar-refractivity contribution in [3.63, 3.8) is 0 Å². The van der Waals surface area contributed by atoms with Crippen LogP contribution in [-0.2, 0) is 17.8 Å². The van der Waals surface area contributed by atoms with Crippen molar-refractivity contribution in [2.75, 3.05) is 13.1 Å². The SMILES string of the molecule is Cc1ncc(C(=O)NCc2cccc(Cl)c2C)c(C2CCN(C(=O)Cc3c(F)cccc3F)CC2)n1. The zero-order valence-corrected chi connectivity index (χ0v) is 20.9. The van der Waals surface area contributed by atoms with E-state index in [0.717, 1.165) is 23.3 Å². The largest absolute Gasteiger partial charge is 0.348 e. The van der Waals surface area contributed by atoms with Crippen LogP contribution in [-0.4, -0.2) is 39.8 Å². The van der Waals surface area contributed by atoms with Crippen molar-refractivity contribution in [2.45, 2.75) is 45.6 Å². The summed E-state index contributed by atoms with van der Waals surface area (Å²) in [7, 11) is 0. The van der Waals surface area contributed by atoms with Crippen LogP contribution in [0.1, 0.15) is 57.3 Å². The minimum atomic E-state index is -0.724. The van der Waals surface area contributed by atoms with Gasteiger partial charge in [-0.3, -0.25) is 9.59 Å². The first kappa shape index (κ1) is 25.7. The Morgan fingerprint density at radius 3 is 2.44 bits per heavy atom. The Balaban J connectivity index is 1.42. The lowest BCUT2D eigenvalue weighted by atomic mass is 9.90. The fourth-order valence-corrected chi connectivity index (χ4v) is 4.65. The minimum Gasteiger partial charge on any atom is -0.348 e. The average molecular weight is 513 g/mol. The Morgan fingerprint density at radius 2 is 1.75 bits per heavy atom. The van der Waals surface area contributed by atoms with E-state index < -0.39 is 11.6 Å². The molecular formula is C27H27ClF2N4O2. The normalized spacial score (nSPS) is 14.1. The molecule has 0 atom stereocenters. The van der Waals surface area contributed by atoms with Crippen LogP contribution >= 0.6 is 11.6 Å². The maximum absolute atomic E-state index is 14.0. The van der Waals surface area contributed by atoms with Crippen molar-refractivity contribution in [1.29, 1.82) is 0 Å². The van der Waals surface area contributed by atoms with E-state index in [1.807, 2.05) is 19.1 Å². The number of nitrogens with one attached hydrogen (secondary N) is 1. The number of rotatable bonds is 6. The van der Waals surface area contributed by atoms with Gasteiger partial charge in [-0.05, 0) is 56.0 Å². The summed E-state index contributed by atoms with van der Waals surface area (Å²) in [6.07, 6.45) is 2.37. The van der Waals surface area contributed by atoms with Crippen molar-refractivity contribution in [1.82, 2.24) is 20.2 Å². The third-order valence-corrected chi connectivity index (χ3v) is 7.04. The zero-order chi connectivity index (χ0) is 25.8. The lowest BCUT2D eigenvalue weighted by molar-refractivity contribution is -0.131. The van der Waals surface area contributed by atoms with Crippen LogP contribution < -0.4 is 5.32 Å². The summed E-state index contributed by atoms with van der Waals surface area (Å²) >= 11 is 6.19. The summed E-state index contributed by atoms with van der Waals surface area (Å²) in [5, 5.41) is 3.57. The Morgan fingerprint density at radius 1 is 1.08 bits per heavy atom. The third kappa shape index (κ3) is 5.70. The van der Waals surface area contributed by atoms with Gasteiger partial charge < -0.3 is 10.2 Å². The second-order valence-corrected chi connectivity index (χ2v) is 9.36. The zero-order valence-electron chi connectivity index (χ0n) is 20.2. The van der Waals surface area contributed by atoms with Crippen LogP contribution in [0, 0.1) is 25.5 Å². The number of aromatic nitrogens is 2. The number of benzene rings is 2. The summed E-state index contributed by atoms with van der Waals surface area (Å²) in [6.45, 7) is 4.80. The fraction of sp³-hybridized carbons (Fsp3) is 0.333. The van der Waals surface area contributed by atoms with Gasteiger partial charge in [0, 0.05) is 42.3 Å². The highest BCUT2D eigenvalue weighted by Gasteiger charge is 2.29. The van der Waals surface area contributed by atoms with E-state index in [4.69, 9.17) is 11.6 Å². The lowest BCUT2D eigenvalue weighted by Gasteiger charge is -2.32. The van der Waals surface area contributed by atoms with Gasteiger partial charge in [0.05, 0.1) is 17.7 Å². The van der Waals surface area contributed by atoms with Gasteiger partial charge in [-0.25, -0.2) is 18.7 Å². The van der Waals surface area contributed by atoms with Crippen molar-refractivity contribution >= 4 is 23.4 Å². The molecule has 2 aromatic carbocycles. The number of piperidine rings is 1. The molecule has 1 N–H and O–H groups in total. The Bertz CT molecular complexity index is 1270. The summed E-state index contributed by atoms with van der Waals surface area (Å²) < 4.78 is 27.9. The molecule has 9 heteroatoms. The topological polar surface area (TPSA) is 75.2 Å². The first-order valence-electron chi connectivity index (χ1n) is 11.8. The Kier molecular flexibility index (Phi) is 7.94. The van der Waals surface area contributed by atoms with Crippen LogP contribution in [0.2, 0.25) is 5.02 Å². The first-order chi connectivity index (χ1) is 17.2. The quantitative estimate of drug-likeness (QED) is 0.509. The molecule has 1 aromatic heterocycles. The molecule has 188 valence electrons. The summed E-state index contributed by atoms with van der Waals surface area (Å²) in [4.78, 5) is 36.2. The summed E-state index contributed by atoms with van der Waals surface area (Å²) in [5.41, 5.74) is 2.66. The van der Waals surface area contributed by atoms with E-state index in [0.29, 0.717) is 54.6 Å². The monoisotopic (exact) mass is 512 g/mol. The molecule has 0 saturated carbocycles. The number of nitrogens with zero attached hydrogens (tertiary/aromatic N) is 3. The number of aryl methyl sites for hydroxylation is 1. The first-order valence-corrected chi connectivity index (χ1v) is 12.2. The Labute approximate surface area is 213 Å². The molecule has 0 radical (unpaired) electrons. The van der Waals surface area contributed by atoms with Gasteiger partial charge >= 0.3 is 0 Å². The average Bonchev–Trinajstić information content (AvgIpc) is 2.87. The second kappa shape index (κ2) is 11.1. The van der Waals surface area contributed by atoms with Crippen LogP contribution in [0.3, 0.4) is 0 Å². The minimum absolute atomic E-state index is 0.0467. The lowest BCUT2D eigenvalue weighted by Crippen LogP contribution is -2.39. The molecule has 36 heavy (non-hydrogen) atoms. The number of hydrogen-bond acceptors (Lipinski definition) is 4. The highest BCUT2D eigenvalue weighted by molar-refractivity contribution is 6.31. The molecule has 2 heterocycles. The number of amides is 2. The van der Waals surface area contributed by atoms with Gasteiger partial charge in [0.25, 0.3) is 5.91 Å². The number of carbonyl (C=O) groups excluding carboxylic acids is 2. The van der Waals surface area contributed by atoms with Gasteiger partial charge in [-0.1, -0.05) is 29.8 Å². The van der Waals surface area contributed by atoms with Crippen molar-refractivity contribution in [3.8, 4) is 0 Å². The molecule has 6 nitrogen and oxygen atoms in total. The Hall–Kier alpha value is -3.39. The van der Waals surface area contributed by atoms with E-state index in [9.17, 15) is 18.4 Å². The molecule has 3 aromatic rings. The van der Waals surface area contributed by atoms with Crippen LogP contribution in [0.4, 0.5) is 8.78 Å². The van der Waals surface area contributed by atoms with Crippen LogP contribution in [0.25, 0.3) is 0 Å². The summed E-state index contributed by atoms with van der Waals surface area (Å²) in [6, 6.07) is 9.13. The van der Waals surface area contributed by atoms with Crippen molar-refractivity contribution in [2.24, 2.45) is 0 Å². The van der Waals surface area contributed by atoms with E-state index in [-0.39, 0.29) is 29.7 Å². The van der Waals surface area contributed by atoms with E-state index in [1.165, 1.54) is 12.3 Å². The standard InChI is InChI=1S/C27H27ClF2N4O2/c1-16-19(5-3-6-22(16)28)14-32-27(36)21-15-31-17(2)33-26(21)18-9-11-34(12-10-18)25(35)13-20-23(29)7-4-8-24(20)30/h3-8,15,18H,9-14H2,1-2H3,(H,32,36). The van der Waals surface area contributed by atoms with E-state index >= 15 is 0 Å². The molecule has 0 aliphatic carbocycles. The van der Waals surface area contributed by atoms with Gasteiger partial charge in [0.1, 0.15) is 17.5 Å². The predicted molar refractivity (Wildman–Crippen MR) is 133 cm³/mol. The molecule has 1 fully saturated rings. The smallest absolute Gasteiger partial charge is 0.254 e. The van der Waals surface area contributed by atoms with Crippen LogP contribution in [0.5, 0.6) is 0 Å². The maximum Gasteiger partial charge on any atom is 0.254 e. The molecular weight excluding hydrogens is 486 g/mol. The van der Waals surface area contributed by atoms with Crippen molar-refractivity contribution < 1.29 is 18.4 Å². The van der Waals surface area contributed by atoms with Gasteiger partial charge in [0.15, 0.2) is 0 Å². The maximum atomic E-state index is 14.0. The van der Waals surface area contributed by atoms with E-state index in [1.54, 1.807) is 17.9 Å². The van der Waals surface area contributed by atoms with Crippen LogP contribution in [0.15, 0.2) is 42.6 Å². The molecule has 0 unspecified atom stereocenters. The molecule has 0 bridgehead atoms. The second-order valence-electron chi connectivity index (χ2n) is 8.95.